The standard InChI is InChI=1S/C17H18F2N4/c18-15-7-14(8-21-10-15)17(20)22-9-13-3-2-12(6-16(13)19)11-23-4-1-5-23/h2-3,6-8,10H,1,4-5,9,11H2,(H2,20,22). The second-order valence-electron chi connectivity index (χ2n) is 5.65. The maximum atomic E-state index is 14.1. The molecule has 0 bridgehead atoms. The molecule has 2 heterocycles. The molecule has 120 valence electrons. The first-order valence-corrected chi connectivity index (χ1v) is 7.52. The molecule has 0 unspecified atom stereocenters. The second kappa shape index (κ2) is 6.83. The Kier molecular flexibility index (Phi) is 4.62. The Balaban J connectivity index is 1.68. The van der Waals surface area contributed by atoms with Crippen molar-refractivity contribution in [3.63, 3.8) is 0 Å². The Hall–Kier alpha value is -2.34. The molecule has 1 saturated heterocycles. The van der Waals surface area contributed by atoms with Crippen LogP contribution in [0.3, 0.4) is 0 Å². The van der Waals surface area contributed by atoms with E-state index in [0.29, 0.717) is 11.1 Å². The summed E-state index contributed by atoms with van der Waals surface area (Å²) in [6.07, 6.45) is 3.73. The van der Waals surface area contributed by atoms with Crippen LogP contribution in [-0.2, 0) is 13.1 Å². The predicted molar refractivity (Wildman–Crippen MR) is 84.9 cm³/mol. The minimum Gasteiger partial charge on any atom is -0.383 e. The number of hydrogen-bond donors (Lipinski definition) is 1. The van der Waals surface area contributed by atoms with Crippen LogP contribution in [0.15, 0.2) is 41.7 Å². The van der Waals surface area contributed by atoms with Crippen molar-refractivity contribution < 1.29 is 8.78 Å². The molecule has 1 aliphatic heterocycles. The predicted octanol–water partition coefficient (Wildman–Crippen LogP) is 2.47. The van der Waals surface area contributed by atoms with E-state index in [1.54, 1.807) is 12.1 Å². The number of likely N-dealkylation sites (tertiary alicyclic amines) is 1. The molecule has 1 aromatic carbocycles. The zero-order valence-corrected chi connectivity index (χ0v) is 12.7. The number of nitrogens with zero attached hydrogens (tertiary/aromatic N) is 3. The van der Waals surface area contributed by atoms with Crippen LogP contribution in [0.25, 0.3) is 0 Å². The van der Waals surface area contributed by atoms with Gasteiger partial charge in [-0.3, -0.25) is 14.9 Å². The molecule has 4 nitrogen and oxygen atoms in total. The molecular formula is C17H18F2N4. The summed E-state index contributed by atoms with van der Waals surface area (Å²) in [5, 5.41) is 0. The normalized spacial score (nSPS) is 15.5. The van der Waals surface area contributed by atoms with Gasteiger partial charge < -0.3 is 5.73 Å². The molecule has 6 heteroatoms. The van der Waals surface area contributed by atoms with Gasteiger partial charge in [-0.25, -0.2) is 8.78 Å². The Morgan fingerprint density at radius 1 is 1.22 bits per heavy atom. The van der Waals surface area contributed by atoms with Gasteiger partial charge in [0.15, 0.2) is 0 Å². The van der Waals surface area contributed by atoms with Crippen LogP contribution >= 0.6 is 0 Å². The second-order valence-corrected chi connectivity index (χ2v) is 5.65. The lowest BCUT2D eigenvalue weighted by atomic mass is 10.1. The van der Waals surface area contributed by atoms with E-state index in [-0.39, 0.29) is 18.2 Å². The van der Waals surface area contributed by atoms with Crippen molar-refractivity contribution in [1.82, 2.24) is 9.88 Å². The minimum atomic E-state index is -0.484. The van der Waals surface area contributed by atoms with E-state index in [1.165, 1.54) is 18.7 Å². The lowest BCUT2D eigenvalue weighted by Gasteiger charge is -2.30. The van der Waals surface area contributed by atoms with Crippen LogP contribution < -0.4 is 5.73 Å². The third-order valence-corrected chi connectivity index (χ3v) is 3.89. The van der Waals surface area contributed by atoms with Gasteiger partial charge in [0.05, 0.1) is 12.7 Å². The highest BCUT2D eigenvalue weighted by Crippen LogP contribution is 2.16. The molecule has 0 amide bonds. The quantitative estimate of drug-likeness (QED) is 0.681. The van der Waals surface area contributed by atoms with Crippen LogP contribution in [0.4, 0.5) is 8.78 Å². The molecule has 1 aromatic heterocycles. The van der Waals surface area contributed by atoms with Crippen molar-refractivity contribution in [3.05, 3.63) is 65.0 Å². The average Bonchev–Trinajstić information content (AvgIpc) is 2.50. The number of pyridine rings is 1. The summed E-state index contributed by atoms with van der Waals surface area (Å²) in [6, 6.07) is 6.43. The zero-order valence-electron chi connectivity index (χ0n) is 12.7. The van der Waals surface area contributed by atoms with Crippen molar-refractivity contribution >= 4 is 5.84 Å². The highest BCUT2D eigenvalue weighted by atomic mass is 19.1. The highest BCUT2D eigenvalue weighted by molar-refractivity contribution is 5.97. The van der Waals surface area contributed by atoms with Crippen LogP contribution in [-0.4, -0.2) is 28.8 Å². The smallest absolute Gasteiger partial charge is 0.142 e. The largest absolute Gasteiger partial charge is 0.383 e. The lowest BCUT2D eigenvalue weighted by Crippen LogP contribution is -2.36. The Labute approximate surface area is 133 Å². The Bertz CT molecular complexity index is 726. The molecule has 3 rings (SSSR count). The fraction of sp³-hybridized carbons (Fsp3) is 0.294. The van der Waals surface area contributed by atoms with Gasteiger partial charge in [0.2, 0.25) is 0 Å². The molecular weight excluding hydrogens is 298 g/mol. The summed E-state index contributed by atoms with van der Waals surface area (Å²) in [5.41, 5.74) is 7.60. The van der Waals surface area contributed by atoms with Gasteiger partial charge in [-0.15, -0.1) is 0 Å². The van der Waals surface area contributed by atoms with Gasteiger partial charge in [0.1, 0.15) is 17.5 Å². The molecule has 0 spiro atoms. The van der Waals surface area contributed by atoms with E-state index in [4.69, 9.17) is 5.73 Å². The van der Waals surface area contributed by atoms with Gasteiger partial charge in [-0.2, -0.15) is 0 Å². The minimum absolute atomic E-state index is 0.109. The van der Waals surface area contributed by atoms with Crippen molar-refractivity contribution in [2.24, 2.45) is 10.7 Å². The average molecular weight is 316 g/mol. The van der Waals surface area contributed by atoms with Crippen LogP contribution in [0.2, 0.25) is 0 Å². The number of rotatable bonds is 5. The summed E-state index contributed by atoms with van der Waals surface area (Å²) in [7, 11) is 0. The SMILES string of the molecule is NC(=NCc1ccc(CN2CCC2)cc1F)c1cncc(F)c1. The number of hydrogen-bond acceptors (Lipinski definition) is 3. The van der Waals surface area contributed by atoms with Crippen LogP contribution in [0.5, 0.6) is 0 Å². The topological polar surface area (TPSA) is 54.5 Å². The number of halogens is 2. The summed E-state index contributed by atoms with van der Waals surface area (Å²) >= 11 is 0. The van der Waals surface area contributed by atoms with Gasteiger partial charge in [-0.1, -0.05) is 12.1 Å². The van der Waals surface area contributed by atoms with Crippen LogP contribution in [0, 0.1) is 11.6 Å². The maximum absolute atomic E-state index is 14.1. The van der Waals surface area contributed by atoms with Gasteiger partial charge >= 0.3 is 0 Å². The molecule has 0 radical (unpaired) electrons. The zero-order chi connectivity index (χ0) is 16.2. The number of benzene rings is 1. The van der Waals surface area contributed by atoms with E-state index < -0.39 is 5.82 Å². The number of aliphatic imine (C=N–C) groups is 1. The first-order chi connectivity index (χ1) is 11.1. The van der Waals surface area contributed by atoms with Crippen LogP contribution in [0.1, 0.15) is 23.1 Å². The van der Waals surface area contributed by atoms with Crippen molar-refractivity contribution in [2.45, 2.75) is 19.5 Å². The summed E-state index contributed by atoms with van der Waals surface area (Å²) in [4.78, 5) is 10.1. The molecule has 0 atom stereocenters. The first-order valence-electron chi connectivity index (χ1n) is 7.52. The summed E-state index contributed by atoms with van der Waals surface area (Å²) < 4.78 is 27.2. The maximum Gasteiger partial charge on any atom is 0.142 e. The third kappa shape index (κ3) is 3.90. The lowest BCUT2D eigenvalue weighted by molar-refractivity contribution is 0.172. The monoisotopic (exact) mass is 316 g/mol. The van der Waals surface area contributed by atoms with Gasteiger partial charge in [-0.05, 0) is 37.2 Å². The van der Waals surface area contributed by atoms with Crippen molar-refractivity contribution in [3.8, 4) is 0 Å². The van der Waals surface area contributed by atoms with Crippen molar-refractivity contribution in [1.29, 1.82) is 0 Å². The van der Waals surface area contributed by atoms with Gasteiger partial charge in [0.25, 0.3) is 0 Å². The van der Waals surface area contributed by atoms with E-state index in [0.717, 1.165) is 31.4 Å². The fourth-order valence-electron chi connectivity index (χ4n) is 2.43. The number of aromatic nitrogens is 1. The number of nitrogens with two attached hydrogens (primary N) is 1. The van der Waals surface area contributed by atoms with E-state index in [1.807, 2.05) is 6.07 Å². The molecule has 1 fully saturated rings. The van der Waals surface area contributed by atoms with E-state index in [9.17, 15) is 8.78 Å². The Morgan fingerprint density at radius 3 is 2.70 bits per heavy atom. The molecule has 0 aliphatic carbocycles. The van der Waals surface area contributed by atoms with Crippen molar-refractivity contribution in [2.75, 3.05) is 13.1 Å². The van der Waals surface area contributed by atoms with Gasteiger partial charge in [0, 0.05) is 23.9 Å². The first kappa shape index (κ1) is 15.6. The van der Waals surface area contributed by atoms with E-state index in [2.05, 4.69) is 14.9 Å². The van der Waals surface area contributed by atoms with E-state index >= 15 is 0 Å². The molecule has 0 saturated carbocycles. The third-order valence-electron chi connectivity index (χ3n) is 3.89. The number of amidine groups is 1. The fourth-order valence-corrected chi connectivity index (χ4v) is 2.43. The Morgan fingerprint density at radius 2 is 2.04 bits per heavy atom. The highest BCUT2D eigenvalue weighted by Gasteiger charge is 2.14. The summed E-state index contributed by atoms with van der Waals surface area (Å²) in [6.45, 7) is 3.04. The molecule has 1 aliphatic rings. The molecule has 23 heavy (non-hydrogen) atoms. The molecule has 2 aromatic rings. The molecule has 2 N–H and O–H groups in total. The summed E-state index contributed by atoms with van der Waals surface area (Å²) in [5.74, 6) is -0.639.